The smallest absolute Gasteiger partial charge is 0.101 e. The van der Waals surface area contributed by atoms with E-state index in [4.69, 9.17) is 0 Å². The van der Waals surface area contributed by atoms with Gasteiger partial charge in [-0.1, -0.05) is 24.3 Å². The first-order valence-corrected chi connectivity index (χ1v) is 6.23. The monoisotopic (exact) mass is 250 g/mol. The van der Waals surface area contributed by atoms with Crippen LogP contribution >= 0.6 is 0 Å². The summed E-state index contributed by atoms with van der Waals surface area (Å²) in [5.74, 6) is 0. The molecule has 4 nitrogen and oxygen atoms in total. The molecule has 1 aromatic rings. The van der Waals surface area contributed by atoms with E-state index in [1.807, 2.05) is 62.3 Å². The zero-order chi connectivity index (χ0) is 13.4. The van der Waals surface area contributed by atoms with Crippen molar-refractivity contribution in [1.29, 1.82) is 0 Å². The van der Waals surface area contributed by atoms with E-state index in [0.717, 1.165) is 11.1 Å². The fraction of sp³-hybridized carbons (Fsp3) is 0.571. The molecule has 0 bridgehead atoms. The standard InChI is InChI=1S/C14H22N2O2/c1-15(2)11-9-7-5-6-8-10(9)12(16(3)4)14(18)13(11)17/h5-8,11-14,17-18H,1-4H3/t11-,12-,13+,14+/m0/s1. The minimum atomic E-state index is -0.776. The van der Waals surface area contributed by atoms with E-state index in [1.165, 1.54) is 0 Å². The van der Waals surface area contributed by atoms with Gasteiger partial charge >= 0.3 is 0 Å². The summed E-state index contributed by atoms with van der Waals surface area (Å²) in [5.41, 5.74) is 2.19. The number of aliphatic hydroxyl groups excluding tert-OH is 2. The molecule has 0 saturated heterocycles. The second-order valence-electron chi connectivity index (χ2n) is 5.43. The number of hydrogen-bond acceptors (Lipinski definition) is 4. The summed E-state index contributed by atoms with van der Waals surface area (Å²) in [6.45, 7) is 0. The third-order valence-corrected chi connectivity index (χ3v) is 3.74. The number of aliphatic hydroxyl groups is 2. The SMILES string of the molecule is CN(C)[C@H]1c2ccccc2[C@H](N(C)C)[C@@H](O)[C@@H]1O. The lowest BCUT2D eigenvalue weighted by molar-refractivity contribution is -0.0747. The van der Waals surface area contributed by atoms with Crippen LogP contribution in [-0.4, -0.2) is 60.4 Å². The predicted molar refractivity (Wildman–Crippen MR) is 71.3 cm³/mol. The van der Waals surface area contributed by atoms with Crippen molar-refractivity contribution in [3.8, 4) is 0 Å². The van der Waals surface area contributed by atoms with E-state index >= 15 is 0 Å². The Kier molecular flexibility index (Phi) is 3.73. The van der Waals surface area contributed by atoms with E-state index < -0.39 is 12.2 Å². The van der Waals surface area contributed by atoms with Crippen molar-refractivity contribution in [3.63, 3.8) is 0 Å². The molecule has 0 saturated carbocycles. The lowest BCUT2D eigenvalue weighted by Crippen LogP contribution is -2.49. The maximum atomic E-state index is 10.4. The van der Waals surface area contributed by atoms with Gasteiger partial charge in [0.2, 0.25) is 0 Å². The van der Waals surface area contributed by atoms with Crippen LogP contribution in [0.1, 0.15) is 23.2 Å². The number of rotatable bonds is 2. The predicted octanol–water partition coefficient (Wildman–Crippen LogP) is 0.627. The number of hydrogen-bond donors (Lipinski definition) is 2. The Bertz CT molecular complexity index is 381. The van der Waals surface area contributed by atoms with Gasteiger partial charge in [0, 0.05) is 0 Å². The maximum absolute atomic E-state index is 10.4. The first-order chi connectivity index (χ1) is 8.45. The topological polar surface area (TPSA) is 46.9 Å². The van der Waals surface area contributed by atoms with Crippen molar-refractivity contribution in [2.75, 3.05) is 28.2 Å². The Morgan fingerprint density at radius 2 is 1.11 bits per heavy atom. The Balaban J connectivity index is 2.55. The molecule has 2 N–H and O–H groups in total. The quantitative estimate of drug-likeness (QED) is 0.808. The van der Waals surface area contributed by atoms with Gasteiger partial charge in [-0.2, -0.15) is 0 Å². The summed E-state index contributed by atoms with van der Waals surface area (Å²) in [6.07, 6.45) is -1.55. The minimum Gasteiger partial charge on any atom is -0.388 e. The molecule has 4 atom stereocenters. The Morgan fingerprint density at radius 1 is 0.778 bits per heavy atom. The lowest BCUT2D eigenvalue weighted by Gasteiger charge is -2.44. The molecular weight excluding hydrogens is 228 g/mol. The Labute approximate surface area is 108 Å². The first-order valence-electron chi connectivity index (χ1n) is 6.23. The highest BCUT2D eigenvalue weighted by molar-refractivity contribution is 5.37. The lowest BCUT2D eigenvalue weighted by atomic mass is 9.79. The van der Waals surface area contributed by atoms with E-state index in [-0.39, 0.29) is 12.1 Å². The highest BCUT2D eigenvalue weighted by atomic mass is 16.3. The van der Waals surface area contributed by atoms with Crippen LogP contribution in [-0.2, 0) is 0 Å². The van der Waals surface area contributed by atoms with Crippen LogP contribution in [0.15, 0.2) is 24.3 Å². The molecular formula is C14H22N2O2. The molecule has 2 rings (SSSR count). The average Bonchev–Trinajstić information content (AvgIpc) is 2.29. The number of nitrogens with zero attached hydrogens (tertiary/aromatic N) is 2. The molecule has 0 amide bonds. The highest BCUT2D eigenvalue weighted by Gasteiger charge is 2.42. The van der Waals surface area contributed by atoms with Gasteiger partial charge < -0.3 is 10.2 Å². The van der Waals surface area contributed by atoms with Gasteiger partial charge in [-0.15, -0.1) is 0 Å². The molecule has 1 aromatic carbocycles. The van der Waals surface area contributed by atoms with Crippen LogP contribution < -0.4 is 0 Å². The molecule has 0 aliphatic heterocycles. The van der Waals surface area contributed by atoms with Crippen LogP contribution in [0.25, 0.3) is 0 Å². The summed E-state index contributed by atoms with van der Waals surface area (Å²) < 4.78 is 0. The molecule has 0 fully saturated rings. The zero-order valence-electron chi connectivity index (χ0n) is 11.4. The molecule has 1 aliphatic rings. The van der Waals surface area contributed by atoms with Gasteiger partial charge in [0.05, 0.1) is 12.1 Å². The van der Waals surface area contributed by atoms with Crippen LogP contribution in [0.2, 0.25) is 0 Å². The second-order valence-corrected chi connectivity index (χ2v) is 5.43. The second kappa shape index (κ2) is 4.97. The molecule has 4 heteroatoms. The normalized spacial score (nSPS) is 31.8. The molecule has 1 aliphatic carbocycles. The van der Waals surface area contributed by atoms with Gasteiger partial charge in [-0.25, -0.2) is 0 Å². The van der Waals surface area contributed by atoms with Crippen molar-refractivity contribution < 1.29 is 10.2 Å². The molecule has 18 heavy (non-hydrogen) atoms. The van der Waals surface area contributed by atoms with Crippen molar-refractivity contribution >= 4 is 0 Å². The first kappa shape index (κ1) is 13.5. The maximum Gasteiger partial charge on any atom is 0.101 e. The molecule has 100 valence electrons. The fourth-order valence-corrected chi connectivity index (χ4v) is 2.96. The molecule has 0 heterocycles. The molecule has 0 radical (unpaired) electrons. The fourth-order valence-electron chi connectivity index (χ4n) is 2.96. The molecule has 0 unspecified atom stereocenters. The van der Waals surface area contributed by atoms with Crippen LogP contribution in [0, 0.1) is 0 Å². The third kappa shape index (κ3) is 2.06. The van der Waals surface area contributed by atoms with Crippen molar-refractivity contribution in [1.82, 2.24) is 9.80 Å². The van der Waals surface area contributed by atoms with Crippen LogP contribution in [0.3, 0.4) is 0 Å². The third-order valence-electron chi connectivity index (χ3n) is 3.74. The summed E-state index contributed by atoms with van der Waals surface area (Å²) in [5, 5.41) is 20.7. The minimum absolute atomic E-state index is 0.160. The number of benzene rings is 1. The highest BCUT2D eigenvalue weighted by Crippen LogP contribution is 2.40. The largest absolute Gasteiger partial charge is 0.388 e. The summed E-state index contributed by atoms with van der Waals surface area (Å²) in [6, 6.07) is 7.70. The summed E-state index contributed by atoms with van der Waals surface area (Å²) in [7, 11) is 7.70. The van der Waals surface area contributed by atoms with E-state index in [1.54, 1.807) is 0 Å². The summed E-state index contributed by atoms with van der Waals surface area (Å²) >= 11 is 0. The zero-order valence-corrected chi connectivity index (χ0v) is 11.4. The van der Waals surface area contributed by atoms with E-state index in [0.29, 0.717) is 0 Å². The number of fused-ring (bicyclic) bond motifs is 1. The molecule has 0 aromatic heterocycles. The van der Waals surface area contributed by atoms with E-state index in [2.05, 4.69) is 0 Å². The van der Waals surface area contributed by atoms with Crippen LogP contribution in [0.4, 0.5) is 0 Å². The van der Waals surface area contributed by atoms with Crippen molar-refractivity contribution in [2.45, 2.75) is 24.3 Å². The van der Waals surface area contributed by atoms with E-state index in [9.17, 15) is 10.2 Å². The number of likely N-dealkylation sites (N-methyl/N-ethyl adjacent to an activating group) is 2. The van der Waals surface area contributed by atoms with Crippen LogP contribution in [0.5, 0.6) is 0 Å². The van der Waals surface area contributed by atoms with Gasteiger partial charge in [-0.05, 0) is 39.3 Å². The summed E-state index contributed by atoms with van der Waals surface area (Å²) in [4.78, 5) is 3.91. The van der Waals surface area contributed by atoms with Gasteiger partial charge in [-0.3, -0.25) is 9.80 Å². The average molecular weight is 250 g/mol. The van der Waals surface area contributed by atoms with Crippen molar-refractivity contribution in [2.24, 2.45) is 0 Å². The van der Waals surface area contributed by atoms with Gasteiger partial charge in [0.15, 0.2) is 0 Å². The van der Waals surface area contributed by atoms with Gasteiger partial charge in [0.1, 0.15) is 12.2 Å². The van der Waals surface area contributed by atoms with Gasteiger partial charge in [0.25, 0.3) is 0 Å². The molecule has 0 spiro atoms. The Morgan fingerprint density at radius 3 is 1.39 bits per heavy atom. The van der Waals surface area contributed by atoms with Crippen molar-refractivity contribution in [3.05, 3.63) is 35.4 Å². The Hall–Kier alpha value is -0.940.